The van der Waals surface area contributed by atoms with Crippen molar-refractivity contribution < 1.29 is 27.5 Å². The second-order valence-corrected chi connectivity index (χ2v) is 8.14. The molecule has 156 valence electrons. The minimum atomic E-state index is -4.26. The molecule has 0 heterocycles. The lowest BCUT2D eigenvalue weighted by Gasteiger charge is -2.26. The van der Waals surface area contributed by atoms with E-state index in [1.165, 1.54) is 32.4 Å². The normalized spacial score (nSPS) is 11.0. The second kappa shape index (κ2) is 10.1. The van der Waals surface area contributed by atoms with E-state index in [0.717, 1.165) is 22.7 Å². The Morgan fingerprint density at radius 1 is 0.966 bits per heavy atom. The highest BCUT2D eigenvalue weighted by molar-refractivity contribution is 7.93. The van der Waals surface area contributed by atoms with E-state index >= 15 is 0 Å². The highest BCUT2D eigenvalue weighted by atomic mass is 32.2. The van der Waals surface area contributed by atoms with Crippen molar-refractivity contribution in [3.05, 3.63) is 59.7 Å². The zero-order valence-corrected chi connectivity index (χ0v) is 17.6. The molecule has 2 aromatic rings. The van der Waals surface area contributed by atoms with Gasteiger partial charge in [0.15, 0.2) is 0 Å². The minimum Gasteiger partial charge on any atom is -0.468 e. The van der Waals surface area contributed by atoms with Gasteiger partial charge in [-0.1, -0.05) is 43.7 Å². The first-order valence-electron chi connectivity index (χ1n) is 9.21. The maximum atomic E-state index is 13.6. The maximum absolute atomic E-state index is 13.6. The Balaban J connectivity index is 2.66. The first-order chi connectivity index (χ1) is 13.9. The highest BCUT2D eigenvalue weighted by Gasteiger charge is 2.32. The summed E-state index contributed by atoms with van der Waals surface area (Å²) in [5.41, 5.74) is 1.07. The topological polar surface area (TPSA) is 90.0 Å². The van der Waals surface area contributed by atoms with Gasteiger partial charge in [0, 0.05) is 0 Å². The molecule has 0 unspecified atom stereocenters. The number of esters is 2. The minimum absolute atomic E-state index is 0.101. The number of unbranched alkanes of at least 4 members (excludes halogenated alkanes) is 1. The third-order valence-corrected chi connectivity index (χ3v) is 6.24. The summed E-state index contributed by atoms with van der Waals surface area (Å²) in [5.74, 6) is -1.49. The average Bonchev–Trinajstić information content (AvgIpc) is 2.75. The number of anilines is 1. The van der Waals surface area contributed by atoms with E-state index < -0.39 is 28.5 Å². The largest absolute Gasteiger partial charge is 0.468 e. The Bertz CT molecular complexity index is 971. The van der Waals surface area contributed by atoms with Crippen molar-refractivity contribution in [2.45, 2.75) is 31.1 Å². The van der Waals surface area contributed by atoms with Crippen LogP contribution in [0.5, 0.6) is 0 Å². The van der Waals surface area contributed by atoms with Crippen LogP contribution in [0.2, 0.25) is 0 Å². The number of hydrogen-bond donors (Lipinski definition) is 0. The van der Waals surface area contributed by atoms with Crippen molar-refractivity contribution in [2.75, 3.05) is 25.1 Å². The predicted octanol–water partition coefficient (Wildman–Crippen LogP) is 3.18. The molecule has 0 aliphatic heterocycles. The summed E-state index contributed by atoms with van der Waals surface area (Å²) >= 11 is 0. The van der Waals surface area contributed by atoms with E-state index in [9.17, 15) is 18.0 Å². The molecule has 0 amide bonds. The zero-order chi connectivity index (χ0) is 21.4. The fourth-order valence-corrected chi connectivity index (χ4v) is 4.53. The molecule has 29 heavy (non-hydrogen) atoms. The number of methoxy groups -OCH3 is 2. The molecule has 0 radical (unpaired) electrons. The quantitative estimate of drug-likeness (QED) is 0.580. The van der Waals surface area contributed by atoms with Gasteiger partial charge in [-0.25, -0.2) is 13.2 Å². The van der Waals surface area contributed by atoms with Crippen LogP contribution < -0.4 is 4.31 Å². The molecular formula is C21H25NO6S. The lowest BCUT2D eigenvalue weighted by Crippen LogP contribution is -2.37. The third kappa shape index (κ3) is 5.14. The Morgan fingerprint density at radius 2 is 1.62 bits per heavy atom. The molecule has 0 saturated heterocycles. The zero-order valence-electron chi connectivity index (χ0n) is 16.8. The summed E-state index contributed by atoms with van der Waals surface area (Å²) < 4.78 is 37.6. The van der Waals surface area contributed by atoms with Crippen molar-refractivity contribution in [3.8, 4) is 0 Å². The number of hydrogen-bond acceptors (Lipinski definition) is 6. The number of benzene rings is 2. The Labute approximate surface area is 171 Å². The van der Waals surface area contributed by atoms with E-state index in [2.05, 4.69) is 0 Å². The Hall–Kier alpha value is -2.87. The molecule has 0 saturated carbocycles. The van der Waals surface area contributed by atoms with E-state index in [0.29, 0.717) is 12.1 Å². The SMILES string of the molecule is CCCCc1ccccc1N(CC(=O)OC)S(=O)(=O)c1ccccc1C(=O)OC. The number of aryl methyl sites for hydroxylation is 1. The summed E-state index contributed by atoms with van der Waals surface area (Å²) in [5, 5.41) is 0. The van der Waals surface area contributed by atoms with Crippen molar-refractivity contribution >= 4 is 27.6 Å². The number of ether oxygens (including phenoxy) is 2. The molecular weight excluding hydrogens is 394 g/mol. The standard InChI is InChI=1S/C21H25NO6S/c1-4-5-10-16-11-6-8-13-18(16)22(15-20(23)27-2)29(25,26)19-14-9-7-12-17(19)21(24)28-3/h6-9,11-14H,4-5,10,15H2,1-3H3. The summed E-state index contributed by atoms with van der Waals surface area (Å²) in [7, 11) is -1.89. The molecule has 8 heteroatoms. The number of sulfonamides is 1. The van der Waals surface area contributed by atoms with E-state index in [1.54, 1.807) is 18.2 Å². The number of carbonyl (C=O) groups excluding carboxylic acids is 2. The molecule has 0 bridgehead atoms. The van der Waals surface area contributed by atoms with Gasteiger partial charge in [-0.2, -0.15) is 0 Å². The molecule has 0 aliphatic carbocycles. The fraction of sp³-hybridized carbons (Fsp3) is 0.333. The Kier molecular flexibility index (Phi) is 7.78. The van der Waals surface area contributed by atoms with Crippen LogP contribution in [0.3, 0.4) is 0 Å². The van der Waals surface area contributed by atoms with Crippen LogP contribution in [-0.2, 0) is 30.7 Å². The fourth-order valence-electron chi connectivity index (χ4n) is 2.90. The molecule has 7 nitrogen and oxygen atoms in total. The summed E-state index contributed by atoms with van der Waals surface area (Å²) in [6, 6.07) is 12.8. The van der Waals surface area contributed by atoms with Crippen LogP contribution in [0.1, 0.15) is 35.7 Å². The van der Waals surface area contributed by atoms with E-state index in [-0.39, 0.29) is 10.5 Å². The number of para-hydroxylation sites is 1. The lowest BCUT2D eigenvalue weighted by molar-refractivity contribution is -0.138. The summed E-state index contributed by atoms with van der Waals surface area (Å²) in [6.45, 7) is 1.52. The van der Waals surface area contributed by atoms with Crippen LogP contribution in [0, 0.1) is 0 Å². The van der Waals surface area contributed by atoms with Gasteiger partial charge in [0.1, 0.15) is 11.4 Å². The van der Waals surface area contributed by atoms with E-state index in [1.807, 2.05) is 19.1 Å². The molecule has 2 rings (SSSR count). The van der Waals surface area contributed by atoms with Gasteiger partial charge in [-0.15, -0.1) is 0 Å². The van der Waals surface area contributed by atoms with Crippen molar-refractivity contribution in [3.63, 3.8) is 0 Å². The van der Waals surface area contributed by atoms with Crippen molar-refractivity contribution in [1.82, 2.24) is 0 Å². The smallest absolute Gasteiger partial charge is 0.339 e. The number of nitrogens with zero attached hydrogens (tertiary/aromatic N) is 1. The van der Waals surface area contributed by atoms with Crippen LogP contribution in [-0.4, -0.2) is 41.1 Å². The molecule has 0 atom stereocenters. The van der Waals surface area contributed by atoms with Crippen LogP contribution >= 0.6 is 0 Å². The molecule has 2 aromatic carbocycles. The molecule has 0 aliphatic rings. The molecule has 0 N–H and O–H groups in total. The van der Waals surface area contributed by atoms with Crippen molar-refractivity contribution in [1.29, 1.82) is 0 Å². The monoisotopic (exact) mass is 419 g/mol. The summed E-state index contributed by atoms with van der Waals surface area (Å²) in [4.78, 5) is 23.9. The first-order valence-corrected chi connectivity index (χ1v) is 10.7. The van der Waals surface area contributed by atoms with Gasteiger partial charge >= 0.3 is 11.9 Å². The van der Waals surface area contributed by atoms with Gasteiger partial charge in [0.05, 0.1) is 25.5 Å². The average molecular weight is 419 g/mol. The van der Waals surface area contributed by atoms with E-state index in [4.69, 9.17) is 9.47 Å². The maximum Gasteiger partial charge on any atom is 0.339 e. The molecule has 0 fully saturated rings. The molecule has 0 spiro atoms. The van der Waals surface area contributed by atoms with Crippen LogP contribution in [0.4, 0.5) is 5.69 Å². The van der Waals surface area contributed by atoms with Crippen molar-refractivity contribution in [2.24, 2.45) is 0 Å². The molecule has 0 aromatic heterocycles. The lowest BCUT2D eigenvalue weighted by atomic mass is 10.1. The van der Waals surface area contributed by atoms with Crippen LogP contribution in [0.25, 0.3) is 0 Å². The third-order valence-electron chi connectivity index (χ3n) is 4.42. The van der Waals surface area contributed by atoms with Gasteiger partial charge in [-0.3, -0.25) is 9.10 Å². The predicted molar refractivity (Wildman–Crippen MR) is 109 cm³/mol. The van der Waals surface area contributed by atoms with Gasteiger partial charge in [0.2, 0.25) is 0 Å². The summed E-state index contributed by atoms with van der Waals surface area (Å²) in [6.07, 6.45) is 2.45. The number of rotatable bonds is 9. The second-order valence-electron chi connectivity index (χ2n) is 6.31. The van der Waals surface area contributed by atoms with Gasteiger partial charge < -0.3 is 9.47 Å². The Morgan fingerprint density at radius 3 is 2.28 bits per heavy atom. The van der Waals surface area contributed by atoms with Gasteiger partial charge in [-0.05, 0) is 36.6 Å². The number of carbonyl (C=O) groups is 2. The first kappa shape index (κ1) is 22.4. The van der Waals surface area contributed by atoms with Crippen LogP contribution in [0.15, 0.2) is 53.4 Å². The van der Waals surface area contributed by atoms with Gasteiger partial charge in [0.25, 0.3) is 10.0 Å². The highest BCUT2D eigenvalue weighted by Crippen LogP contribution is 2.30.